The van der Waals surface area contributed by atoms with E-state index in [1.165, 1.54) is 19.3 Å². The number of piperidine rings is 1. The molecule has 0 radical (unpaired) electrons. The standard InChI is InChI=1S/C7H13NO.C2H7N/c1-7(9)8-5-3-2-4-6-8;1-3-2/h2-6H2,1H3;3H,1-2H3. The third kappa shape index (κ3) is 5.13. The van der Waals surface area contributed by atoms with Crippen LogP contribution in [-0.2, 0) is 4.79 Å². The van der Waals surface area contributed by atoms with Crippen molar-refractivity contribution in [2.45, 2.75) is 26.2 Å². The van der Waals surface area contributed by atoms with Gasteiger partial charge < -0.3 is 10.2 Å². The summed E-state index contributed by atoms with van der Waals surface area (Å²) in [7, 11) is 3.75. The van der Waals surface area contributed by atoms with Gasteiger partial charge in [0, 0.05) is 20.0 Å². The Morgan fingerprint density at radius 2 is 1.58 bits per heavy atom. The second-order valence-electron chi connectivity index (χ2n) is 3.07. The van der Waals surface area contributed by atoms with E-state index in [1.807, 2.05) is 19.0 Å². The van der Waals surface area contributed by atoms with Crippen molar-refractivity contribution in [2.24, 2.45) is 0 Å². The summed E-state index contributed by atoms with van der Waals surface area (Å²) in [4.78, 5) is 12.6. The molecule has 0 bridgehead atoms. The number of hydrogen-bond acceptors (Lipinski definition) is 2. The van der Waals surface area contributed by atoms with Crippen LogP contribution in [0.5, 0.6) is 0 Å². The summed E-state index contributed by atoms with van der Waals surface area (Å²) in [5.41, 5.74) is 0. The predicted molar refractivity (Wildman–Crippen MR) is 51.1 cm³/mol. The third-order valence-electron chi connectivity index (χ3n) is 1.80. The van der Waals surface area contributed by atoms with Crippen LogP contribution in [0.15, 0.2) is 0 Å². The molecule has 0 atom stereocenters. The van der Waals surface area contributed by atoms with Crippen LogP contribution in [0.3, 0.4) is 0 Å². The third-order valence-corrected chi connectivity index (χ3v) is 1.80. The molecule has 1 saturated heterocycles. The number of nitrogens with zero attached hydrogens (tertiary/aromatic N) is 1. The van der Waals surface area contributed by atoms with Gasteiger partial charge in [0.15, 0.2) is 0 Å². The topological polar surface area (TPSA) is 32.3 Å². The Labute approximate surface area is 75.1 Å². The molecule has 1 N–H and O–H groups in total. The number of hydrogen-bond donors (Lipinski definition) is 1. The van der Waals surface area contributed by atoms with Crippen molar-refractivity contribution >= 4 is 5.91 Å². The van der Waals surface area contributed by atoms with E-state index < -0.39 is 0 Å². The molecule has 12 heavy (non-hydrogen) atoms. The number of nitrogens with one attached hydrogen (secondary N) is 1. The minimum atomic E-state index is 0.231. The van der Waals surface area contributed by atoms with E-state index in [2.05, 4.69) is 5.32 Å². The van der Waals surface area contributed by atoms with Crippen molar-refractivity contribution in [1.29, 1.82) is 0 Å². The van der Waals surface area contributed by atoms with Crippen LogP contribution in [0.1, 0.15) is 26.2 Å². The zero-order valence-electron chi connectivity index (χ0n) is 8.39. The SMILES string of the molecule is CC(=O)N1CCCCC1.CNC. The lowest BCUT2D eigenvalue weighted by molar-refractivity contribution is -0.129. The van der Waals surface area contributed by atoms with E-state index >= 15 is 0 Å². The van der Waals surface area contributed by atoms with Crippen LogP contribution in [0.2, 0.25) is 0 Å². The van der Waals surface area contributed by atoms with E-state index in [1.54, 1.807) is 6.92 Å². The molecule has 0 aliphatic carbocycles. The van der Waals surface area contributed by atoms with Crippen molar-refractivity contribution in [2.75, 3.05) is 27.2 Å². The molecular weight excluding hydrogens is 152 g/mol. The molecule has 1 aliphatic rings. The summed E-state index contributed by atoms with van der Waals surface area (Å²) in [6.07, 6.45) is 3.68. The Hall–Kier alpha value is -0.570. The maximum absolute atomic E-state index is 10.7. The van der Waals surface area contributed by atoms with Crippen LogP contribution in [0.25, 0.3) is 0 Å². The molecule has 1 heterocycles. The van der Waals surface area contributed by atoms with E-state index in [-0.39, 0.29) is 5.91 Å². The van der Waals surface area contributed by atoms with Crippen molar-refractivity contribution in [3.05, 3.63) is 0 Å². The summed E-state index contributed by atoms with van der Waals surface area (Å²) < 4.78 is 0. The van der Waals surface area contributed by atoms with Crippen LogP contribution < -0.4 is 5.32 Å². The highest BCUT2D eigenvalue weighted by Crippen LogP contribution is 2.07. The summed E-state index contributed by atoms with van der Waals surface area (Å²) in [5, 5.41) is 2.75. The van der Waals surface area contributed by atoms with Gasteiger partial charge in [-0.15, -0.1) is 0 Å². The second-order valence-corrected chi connectivity index (χ2v) is 3.07. The van der Waals surface area contributed by atoms with E-state index in [0.29, 0.717) is 0 Å². The minimum Gasteiger partial charge on any atom is -0.343 e. The average Bonchev–Trinajstić information content (AvgIpc) is 2.07. The van der Waals surface area contributed by atoms with Crippen LogP contribution in [0.4, 0.5) is 0 Å². The normalized spacial score (nSPS) is 16.4. The molecule has 0 aromatic heterocycles. The summed E-state index contributed by atoms with van der Waals surface area (Å²) in [6, 6.07) is 0. The van der Waals surface area contributed by atoms with Gasteiger partial charge in [0.1, 0.15) is 0 Å². The highest BCUT2D eigenvalue weighted by atomic mass is 16.2. The van der Waals surface area contributed by atoms with E-state index in [4.69, 9.17) is 0 Å². The Kier molecular flexibility index (Phi) is 6.76. The van der Waals surface area contributed by atoms with Gasteiger partial charge in [0.2, 0.25) is 5.91 Å². The van der Waals surface area contributed by atoms with Crippen molar-refractivity contribution < 1.29 is 4.79 Å². The maximum atomic E-state index is 10.7. The Morgan fingerprint density at radius 3 is 1.83 bits per heavy atom. The monoisotopic (exact) mass is 172 g/mol. The first kappa shape index (κ1) is 11.4. The zero-order chi connectivity index (χ0) is 9.40. The first-order chi connectivity index (χ1) is 5.72. The Balaban J connectivity index is 0.000000354. The van der Waals surface area contributed by atoms with Gasteiger partial charge in [0.05, 0.1) is 0 Å². The fraction of sp³-hybridized carbons (Fsp3) is 0.889. The molecule has 1 amide bonds. The molecule has 0 saturated carbocycles. The van der Waals surface area contributed by atoms with Crippen molar-refractivity contribution in [3.63, 3.8) is 0 Å². The zero-order valence-corrected chi connectivity index (χ0v) is 8.39. The molecule has 1 aliphatic heterocycles. The fourth-order valence-corrected chi connectivity index (χ4v) is 1.21. The first-order valence-corrected chi connectivity index (χ1v) is 4.56. The van der Waals surface area contributed by atoms with Crippen molar-refractivity contribution in [1.82, 2.24) is 10.2 Å². The lowest BCUT2D eigenvalue weighted by atomic mass is 10.1. The molecule has 3 nitrogen and oxygen atoms in total. The van der Waals surface area contributed by atoms with Gasteiger partial charge in [-0.3, -0.25) is 4.79 Å². The summed E-state index contributed by atoms with van der Waals surface area (Å²) in [5.74, 6) is 0.231. The second kappa shape index (κ2) is 7.10. The van der Waals surface area contributed by atoms with Gasteiger partial charge in [-0.1, -0.05) is 0 Å². The number of carbonyl (C=O) groups is 1. The quantitative estimate of drug-likeness (QED) is 0.587. The molecule has 0 aromatic carbocycles. The van der Waals surface area contributed by atoms with E-state index in [0.717, 1.165) is 13.1 Å². The Bertz CT molecular complexity index is 120. The van der Waals surface area contributed by atoms with Crippen LogP contribution in [-0.4, -0.2) is 38.0 Å². The van der Waals surface area contributed by atoms with E-state index in [9.17, 15) is 4.79 Å². The molecule has 1 rings (SSSR count). The number of amides is 1. The fourth-order valence-electron chi connectivity index (χ4n) is 1.21. The van der Waals surface area contributed by atoms with Crippen LogP contribution >= 0.6 is 0 Å². The average molecular weight is 172 g/mol. The lowest BCUT2D eigenvalue weighted by Gasteiger charge is -2.24. The smallest absolute Gasteiger partial charge is 0.219 e. The number of likely N-dealkylation sites (tertiary alicyclic amines) is 1. The van der Waals surface area contributed by atoms with Gasteiger partial charge in [-0.05, 0) is 33.4 Å². The molecule has 0 spiro atoms. The van der Waals surface area contributed by atoms with Gasteiger partial charge in [0.25, 0.3) is 0 Å². The maximum Gasteiger partial charge on any atom is 0.219 e. The Morgan fingerprint density at radius 1 is 1.17 bits per heavy atom. The highest BCUT2D eigenvalue weighted by molar-refractivity contribution is 5.73. The minimum absolute atomic E-state index is 0.231. The number of rotatable bonds is 0. The van der Waals surface area contributed by atoms with Gasteiger partial charge in [-0.2, -0.15) is 0 Å². The summed E-state index contributed by atoms with van der Waals surface area (Å²) >= 11 is 0. The molecule has 1 fully saturated rings. The predicted octanol–water partition coefficient (Wildman–Crippen LogP) is 0.854. The molecule has 3 heteroatoms. The first-order valence-electron chi connectivity index (χ1n) is 4.56. The summed E-state index contributed by atoms with van der Waals surface area (Å²) in [6.45, 7) is 3.61. The molecule has 0 unspecified atom stereocenters. The molecule has 72 valence electrons. The largest absolute Gasteiger partial charge is 0.343 e. The van der Waals surface area contributed by atoms with Crippen molar-refractivity contribution in [3.8, 4) is 0 Å². The lowest BCUT2D eigenvalue weighted by Crippen LogP contribution is -2.33. The number of carbonyl (C=O) groups excluding carboxylic acids is 1. The molecule has 0 aromatic rings. The molecular formula is C9H20N2O. The van der Waals surface area contributed by atoms with Gasteiger partial charge >= 0.3 is 0 Å². The van der Waals surface area contributed by atoms with Gasteiger partial charge in [-0.25, -0.2) is 0 Å². The van der Waals surface area contributed by atoms with Crippen LogP contribution in [0, 0.1) is 0 Å². The highest BCUT2D eigenvalue weighted by Gasteiger charge is 2.10.